The van der Waals surface area contributed by atoms with Crippen LogP contribution in [0.1, 0.15) is 33.1 Å². The number of hydrogen-bond acceptors (Lipinski definition) is 4. The van der Waals surface area contributed by atoms with Gasteiger partial charge in [-0.15, -0.1) is 0 Å². The molecule has 0 heterocycles. The second-order valence-electron chi connectivity index (χ2n) is 4.20. The van der Waals surface area contributed by atoms with E-state index in [0.717, 1.165) is 32.4 Å². The van der Waals surface area contributed by atoms with Crippen molar-refractivity contribution in [1.82, 2.24) is 4.90 Å². The fraction of sp³-hybridized carbons (Fsp3) is 0.917. The molecule has 1 unspecified atom stereocenters. The van der Waals surface area contributed by atoms with Crippen LogP contribution in [-0.4, -0.2) is 49.3 Å². The van der Waals surface area contributed by atoms with E-state index in [0.29, 0.717) is 6.61 Å². The minimum absolute atomic E-state index is 0.0669. The summed E-state index contributed by atoms with van der Waals surface area (Å²) in [5.74, 6) is -0.188. The van der Waals surface area contributed by atoms with Crippen LogP contribution < -0.4 is 0 Å². The monoisotopic (exact) mass is 231 g/mol. The van der Waals surface area contributed by atoms with Gasteiger partial charge in [-0.3, -0.25) is 4.79 Å². The number of aliphatic hydroxyl groups is 1. The van der Waals surface area contributed by atoms with Crippen molar-refractivity contribution in [1.29, 1.82) is 0 Å². The molecule has 0 fully saturated rings. The molecule has 0 radical (unpaired) electrons. The first-order chi connectivity index (χ1) is 7.61. The number of carbonyl (C=O) groups excluding carboxylic acids is 1. The van der Waals surface area contributed by atoms with Crippen LogP contribution in [0.3, 0.4) is 0 Å². The number of esters is 1. The van der Waals surface area contributed by atoms with Crippen molar-refractivity contribution in [2.75, 3.05) is 33.4 Å². The second kappa shape index (κ2) is 9.60. The summed E-state index contributed by atoms with van der Waals surface area (Å²) >= 11 is 0. The molecule has 1 N–H and O–H groups in total. The maximum absolute atomic E-state index is 11.4. The topological polar surface area (TPSA) is 49.8 Å². The Morgan fingerprint density at radius 2 is 2.06 bits per heavy atom. The van der Waals surface area contributed by atoms with Gasteiger partial charge in [0, 0.05) is 13.2 Å². The fourth-order valence-electron chi connectivity index (χ4n) is 1.59. The molecule has 0 saturated carbocycles. The molecule has 0 aromatic rings. The normalized spacial score (nSPS) is 12.8. The van der Waals surface area contributed by atoms with Gasteiger partial charge < -0.3 is 14.7 Å². The summed E-state index contributed by atoms with van der Waals surface area (Å²) in [5, 5.41) is 8.63. The van der Waals surface area contributed by atoms with Crippen molar-refractivity contribution < 1.29 is 14.6 Å². The van der Waals surface area contributed by atoms with Crippen molar-refractivity contribution >= 4 is 5.97 Å². The summed E-state index contributed by atoms with van der Waals surface area (Å²) in [5.41, 5.74) is 0. The van der Waals surface area contributed by atoms with Gasteiger partial charge in [-0.05, 0) is 39.8 Å². The molecule has 0 spiro atoms. The summed E-state index contributed by atoms with van der Waals surface area (Å²) in [7, 11) is 2.01. The number of nitrogens with zero attached hydrogens (tertiary/aromatic N) is 1. The lowest BCUT2D eigenvalue weighted by atomic mass is 10.1. The minimum Gasteiger partial charge on any atom is -0.466 e. The predicted molar refractivity (Wildman–Crippen MR) is 64.2 cm³/mol. The molecule has 16 heavy (non-hydrogen) atoms. The zero-order valence-corrected chi connectivity index (χ0v) is 10.7. The summed E-state index contributed by atoms with van der Waals surface area (Å²) in [4.78, 5) is 13.5. The number of unbranched alkanes of at least 4 members (excludes halogenated alkanes) is 2. The van der Waals surface area contributed by atoms with Crippen LogP contribution in [0.2, 0.25) is 0 Å². The fourth-order valence-corrected chi connectivity index (χ4v) is 1.59. The first kappa shape index (κ1) is 15.4. The molecule has 4 heteroatoms. The molecule has 0 bridgehead atoms. The Labute approximate surface area is 98.6 Å². The average Bonchev–Trinajstić information content (AvgIpc) is 2.24. The largest absolute Gasteiger partial charge is 0.466 e. The number of carbonyl (C=O) groups is 1. The third kappa shape index (κ3) is 7.65. The Hall–Kier alpha value is -0.610. The van der Waals surface area contributed by atoms with E-state index in [9.17, 15) is 4.79 Å². The van der Waals surface area contributed by atoms with E-state index in [1.165, 1.54) is 0 Å². The molecule has 0 saturated heterocycles. The first-order valence-corrected chi connectivity index (χ1v) is 6.07. The molecular weight excluding hydrogens is 206 g/mol. The second-order valence-corrected chi connectivity index (χ2v) is 4.20. The lowest BCUT2D eigenvalue weighted by Crippen LogP contribution is -2.30. The van der Waals surface area contributed by atoms with Gasteiger partial charge in [-0.2, -0.15) is 0 Å². The molecule has 96 valence electrons. The van der Waals surface area contributed by atoms with Crippen LogP contribution in [0, 0.1) is 5.92 Å². The Morgan fingerprint density at radius 1 is 1.38 bits per heavy atom. The van der Waals surface area contributed by atoms with E-state index >= 15 is 0 Å². The van der Waals surface area contributed by atoms with Gasteiger partial charge in [0.1, 0.15) is 0 Å². The molecule has 0 aromatic carbocycles. The van der Waals surface area contributed by atoms with Crippen molar-refractivity contribution in [2.24, 2.45) is 5.92 Å². The zero-order valence-electron chi connectivity index (χ0n) is 10.7. The van der Waals surface area contributed by atoms with E-state index in [1.54, 1.807) is 0 Å². The van der Waals surface area contributed by atoms with E-state index in [2.05, 4.69) is 4.90 Å². The van der Waals surface area contributed by atoms with Crippen molar-refractivity contribution in [3.63, 3.8) is 0 Å². The van der Waals surface area contributed by atoms with Crippen LogP contribution >= 0.6 is 0 Å². The van der Waals surface area contributed by atoms with Gasteiger partial charge in [0.15, 0.2) is 0 Å². The molecule has 0 aliphatic rings. The Kier molecular flexibility index (Phi) is 9.24. The van der Waals surface area contributed by atoms with Crippen LogP contribution in [0.25, 0.3) is 0 Å². The zero-order chi connectivity index (χ0) is 12.4. The van der Waals surface area contributed by atoms with Crippen molar-refractivity contribution in [3.8, 4) is 0 Å². The summed E-state index contributed by atoms with van der Waals surface area (Å²) < 4.78 is 4.95. The third-order valence-electron chi connectivity index (χ3n) is 2.47. The SMILES string of the molecule is CCOC(=O)C(C)CN(C)CCCCCO. The van der Waals surface area contributed by atoms with Gasteiger partial charge in [0.25, 0.3) is 0 Å². The predicted octanol–water partition coefficient (Wildman–Crippen LogP) is 1.28. The van der Waals surface area contributed by atoms with Gasteiger partial charge in [0.05, 0.1) is 12.5 Å². The number of hydrogen-bond donors (Lipinski definition) is 1. The number of aliphatic hydroxyl groups excluding tert-OH is 1. The maximum atomic E-state index is 11.4. The van der Waals surface area contributed by atoms with Gasteiger partial charge in [0.2, 0.25) is 0 Å². The summed E-state index contributed by atoms with van der Waals surface area (Å²) in [6.07, 6.45) is 2.96. The van der Waals surface area contributed by atoms with E-state index in [-0.39, 0.29) is 18.5 Å². The van der Waals surface area contributed by atoms with Crippen LogP contribution in [0.5, 0.6) is 0 Å². The number of rotatable bonds is 9. The Bertz CT molecular complexity index is 185. The van der Waals surface area contributed by atoms with Crippen LogP contribution in [0.15, 0.2) is 0 Å². The first-order valence-electron chi connectivity index (χ1n) is 6.07. The average molecular weight is 231 g/mol. The highest BCUT2D eigenvalue weighted by molar-refractivity contribution is 5.72. The highest BCUT2D eigenvalue weighted by atomic mass is 16.5. The smallest absolute Gasteiger partial charge is 0.309 e. The van der Waals surface area contributed by atoms with Crippen LogP contribution in [-0.2, 0) is 9.53 Å². The minimum atomic E-state index is -0.121. The highest BCUT2D eigenvalue weighted by Crippen LogP contribution is 2.03. The standard InChI is InChI=1S/C12H25NO3/c1-4-16-12(15)11(2)10-13(3)8-6-5-7-9-14/h11,14H,4-10H2,1-3H3. The molecule has 1 atom stereocenters. The molecule has 0 rings (SSSR count). The third-order valence-corrected chi connectivity index (χ3v) is 2.47. The van der Waals surface area contributed by atoms with Crippen LogP contribution in [0.4, 0.5) is 0 Å². The lowest BCUT2D eigenvalue weighted by molar-refractivity contribution is -0.147. The van der Waals surface area contributed by atoms with Gasteiger partial charge in [-0.1, -0.05) is 6.92 Å². The van der Waals surface area contributed by atoms with E-state index in [1.807, 2.05) is 20.9 Å². The molecule has 0 aliphatic carbocycles. The van der Waals surface area contributed by atoms with E-state index in [4.69, 9.17) is 9.84 Å². The molecule has 4 nitrogen and oxygen atoms in total. The van der Waals surface area contributed by atoms with Gasteiger partial charge >= 0.3 is 5.97 Å². The van der Waals surface area contributed by atoms with Crippen molar-refractivity contribution in [2.45, 2.75) is 33.1 Å². The summed E-state index contributed by atoms with van der Waals surface area (Å²) in [6.45, 7) is 6.12. The molecular formula is C12H25NO3. The Balaban J connectivity index is 3.60. The van der Waals surface area contributed by atoms with E-state index < -0.39 is 0 Å². The number of ether oxygens (including phenoxy) is 1. The highest BCUT2D eigenvalue weighted by Gasteiger charge is 2.15. The molecule has 0 aromatic heterocycles. The quantitative estimate of drug-likeness (QED) is 0.480. The van der Waals surface area contributed by atoms with Crippen molar-refractivity contribution in [3.05, 3.63) is 0 Å². The summed E-state index contributed by atoms with van der Waals surface area (Å²) in [6, 6.07) is 0. The Morgan fingerprint density at radius 3 is 2.62 bits per heavy atom. The lowest BCUT2D eigenvalue weighted by Gasteiger charge is -2.20. The molecule has 0 amide bonds. The maximum Gasteiger partial charge on any atom is 0.309 e. The van der Waals surface area contributed by atoms with Gasteiger partial charge in [-0.25, -0.2) is 0 Å². The molecule has 0 aliphatic heterocycles.